The Bertz CT molecular complexity index is 1500. The second-order valence-electron chi connectivity index (χ2n) is 9.37. The van der Waals surface area contributed by atoms with E-state index in [4.69, 9.17) is 0 Å². The predicted molar refractivity (Wildman–Crippen MR) is 141 cm³/mol. The lowest BCUT2D eigenvalue weighted by atomic mass is 9.92. The van der Waals surface area contributed by atoms with Crippen molar-refractivity contribution in [3.8, 4) is 0 Å². The number of piperidine rings is 1. The summed E-state index contributed by atoms with van der Waals surface area (Å²) in [5, 5.41) is 17.1. The number of hydrogen-bond acceptors (Lipinski definition) is 8. The molecule has 1 saturated heterocycles. The van der Waals surface area contributed by atoms with Crippen LogP contribution in [0.2, 0.25) is 0 Å². The van der Waals surface area contributed by atoms with E-state index in [0.717, 1.165) is 0 Å². The normalized spacial score (nSPS) is 15.8. The first-order valence-corrected chi connectivity index (χ1v) is 13.6. The summed E-state index contributed by atoms with van der Waals surface area (Å²) in [5.41, 5.74) is 0.861. The van der Waals surface area contributed by atoms with Crippen LogP contribution >= 0.6 is 0 Å². The lowest BCUT2D eigenvalue weighted by molar-refractivity contribution is -0.0194. The highest BCUT2D eigenvalue weighted by Crippen LogP contribution is 2.29. The van der Waals surface area contributed by atoms with Crippen molar-refractivity contribution in [2.24, 2.45) is 0 Å². The second-order valence-corrected chi connectivity index (χ2v) is 11.3. The monoisotopic (exact) mass is 537 g/mol. The number of rotatable bonds is 8. The Morgan fingerprint density at radius 3 is 2.45 bits per heavy atom. The molecule has 3 N–H and O–H groups in total. The van der Waals surface area contributed by atoms with E-state index in [1.165, 1.54) is 22.5 Å². The molecule has 0 amide bonds. The smallest absolute Gasteiger partial charge is 0.243 e. The van der Waals surface area contributed by atoms with Gasteiger partial charge >= 0.3 is 0 Å². The van der Waals surface area contributed by atoms with E-state index in [1.807, 2.05) is 0 Å². The molecule has 1 aliphatic rings. The average molecular weight is 538 g/mol. The van der Waals surface area contributed by atoms with Crippen LogP contribution < -0.4 is 10.6 Å². The van der Waals surface area contributed by atoms with Gasteiger partial charge in [0, 0.05) is 43.1 Å². The molecule has 5 rings (SSSR count). The summed E-state index contributed by atoms with van der Waals surface area (Å²) in [7, 11) is -3.70. The Kier molecular flexibility index (Phi) is 7.11. The maximum Gasteiger partial charge on any atom is 0.243 e. The Morgan fingerprint density at radius 2 is 1.76 bits per heavy atom. The third-order valence-electron chi connectivity index (χ3n) is 6.52. The SMILES string of the molecule is Cc1cc(Nc2ccnc(Nc3ccc(S(=O)(=O)N4CCC(O)(Cn5ccnc5)CC4)cc3)n2)ccc1F. The van der Waals surface area contributed by atoms with E-state index < -0.39 is 15.6 Å². The van der Waals surface area contributed by atoms with Gasteiger partial charge in [-0.1, -0.05) is 0 Å². The molecule has 4 aromatic rings. The molecule has 2 aromatic heterocycles. The van der Waals surface area contributed by atoms with Gasteiger partial charge < -0.3 is 20.3 Å². The van der Waals surface area contributed by atoms with Gasteiger partial charge in [0.15, 0.2) is 0 Å². The van der Waals surface area contributed by atoms with Gasteiger partial charge in [-0.15, -0.1) is 0 Å². The zero-order valence-electron chi connectivity index (χ0n) is 20.7. The van der Waals surface area contributed by atoms with Crippen LogP contribution in [0.5, 0.6) is 0 Å². The fourth-order valence-electron chi connectivity index (χ4n) is 4.37. The van der Waals surface area contributed by atoms with Crippen molar-refractivity contribution in [2.75, 3.05) is 23.7 Å². The van der Waals surface area contributed by atoms with E-state index in [0.29, 0.717) is 48.1 Å². The van der Waals surface area contributed by atoms with E-state index in [1.54, 1.807) is 66.7 Å². The number of sulfonamides is 1. The highest BCUT2D eigenvalue weighted by molar-refractivity contribution is 7.89. The van der Waals surface area contributed by atoms with Crippen molar-refractivity contribution in [1.82, 2.24) is 23.8 Å². The minimum absolute atomic E-state index is 0.172. The van der Waals surface area contributed by atoms with Crippen LogP contribution in [-0.2, 0) is 16.6 Å². The van der Waals surface area contributed by atoms with Crippen LogP contribution in [0, 0.1) is 12.7 Å². The van der Waals surface area contributed by atoms with Gasteiger partial charge in [-0.25, -0.2) is 22.8 Å². The molecule has 0 aliphatic carbocycles. The average Bonchev–Trinajstić information content (AvgIpc) is 3.39. The number of benzene rings is 2. The van der Waals surface area contributed by atoms with Gasteiger partial charge in [-0.2, -0.15) is 9.29 Å². The summed E-state index contributed by atoms with van der Waals surface area (Å²) in [4.78, 5) is 12.8. The minimum Gasteiger partial charge on any atom is -0.388 e. The standard InChI is InChI=1S/C26H28FN7O3S/c1-19-16-21(4-7-23(19)27)30-24-8-11-29-25(32-24)31-20-2-5-22(6-3-20)38(36,37)34-13-9-26(35,10-14-34)17-33-15-12-28-18-33/h2-8,11-12,15-16,18,35H,9-10,13-14,17H2,1H3,(H2,29,30,31,32). The number of hydrogen-bond donors (Lipinski definition) is 3. The maximum absolute atomic E-state index is 13.5. The molecule has 0 spiro atoms. The van der Waals surface area contributed by atoms with Crippen molar-refractivity contribution in [3.05, 3.63) is 84.8 Å². The Labute approximate surface area is 220 Å². The first-order chi connectivity index (χ1) is 18.2. The molecule has 3 heterocycles. The van der Waals surface area contributed by atoms with Crippen molar-refractivity contribution < 1.29 is 17.9 Å². The quantitative estimate of drug-likeness (QED) is 0.310. The highest BCUT2D eigenvalue weighted by Gasteiger charge is 2.37. The van der Waals surface area contributed by atoms with Gasteiger partial charge in [0.1, 0.15) is 11.6 Å². The first kappa shape index (κ1) is 25.8. The van der Waals surface area contributed by atoms with Gasteiger partial charge in [-0.3, -0.25) is 0 Å². The fraction of sp³-hybridized carbons (Fsp3) is 0.269. The fourth-order valence-corrected chi connectivity index (χ4v) is 5.81. The van der Waals surface area contributed by atoms with Gasteiger partial charge in [0.05, 0.1) is 23.4 Å². The van der Waals surface area contributed by atoms with Crippen LogP contribution in [0.15, 0.2) is 78.3 Å². The summed E-state index contributed by atoms with van der Waals surface area (Å²) >= 11 is 0. The molecule has 0 radical (unpaired) electrons. The summed E-state index contributed by atoms with van der Waals surface area (Å²) in [6.45, 7) is 2.53. The van der Waals surface area contributed by atoms with Crippen LogP contribution in [0.4, 0.5) is 27.5 Å². The Balaban J connectivity index is 1.21. The minimum atomic E-state index is -3.70. The molecule has 38 heavy (non-hydrogen) atoms. The molecule has 1 fully saturated rings. The number of nitrogens with one attached hydrogen (secondary N) is 2. The molecular weight excluding hydrogens is 509 g/mol. The molecule has 12 heteroatoms. The Morgan fingerprint density at radius 1 is 1.03 bits per heavy atom. The predicted octanol–water partition coefficient (Wildman–Crippen LogP) is 3.82. The number of anilines is 4. The first-order valence-electron chi connectivity index (χ1n) is 12.1. The van der Waals surface area contributed by atoms with Gasteiger partial charge in [0.25, 0.3) is 0 Å². The van der Waals surface area contributed by atoms with Crippen LogP contribution in [0.3, 0.4) is 0 Å². The third kappa shape index (κ3) is 5.82. The van der Waals surface area contributed by atoms with E-state index >= 15 is 0 Å². The van der Waals surface area contributed by atoms with Gasteiger partial charge in [0.2, 0.25) is 16.0 Å². The molecule has 0 atom stereocenters. The molecule has 2 aromatic carbocycles. The molecule has 0 saturated carbocycles. The van der Waals surface area contributed by atoms with Crippen molar-refractivity contribution in [2.45, 2.75) is 36.8 Å². The largest absolute Gasteiger partial charge is 0.388 e. The second kappa shape index (κ2) is 10.5. The zero-order chi connectivity index (χ0) is 26.8. The maximum atomic E-state index is 13.5. The molecule has 1 aliphatic heterocycles. The molecule has 198 valence electrons. The van der Waals surface area contributed by atoms with E-state index in [9.17, 15) is 17.9 Å². The zero-order valence-corrected chi connectivity index (χ0v) is 21.6. The van der Waals surface area contributed by atoms with Crippen molar-refractivity contribution in [1.29, 1.82) is 0 Å². The van der Waals surface area contributed by atoms with E-state index in [-0.39, 0.29) is 23.8 Å². The molecular formula is C26H28FN7O3S. The topological polar surface area (TPSA) is 125 Å². The van der Waals surface area contributed by atoms with Crippen LogP contribution in [0.25, 0.3) is 0 Å². The highest BCUT2D eigenvalue weighted by atomic mass is 32.2. The van der Waals surface area contributed by atoms with Gasteiger partial charge in [-0.05, 0) is 73.9 Å². The summed E-state index contributed by atoms with van der Waals surface area (Å²) < 4.78 is 43.1. The number of imidazole rings is 1. The van der Waals surface area contributed by atoms with Crippen LogP contribution in [0.1, 0.15) is 18.4 Å². The number of nitrogens with zero attached hydrogens (tertiary/aromatic N) is 5. The number of halogens is 1. The van der Waals surface area contributed by atoms with Crippen LogP contribution in [-0.4, -0.2) is 56.0 Å². The Hall–Kier alpha value is -3.87. The van der Waals surface area contributed by atoms with E-state index in [2.05, 4.69) is 25.6 Å². The summed E-state index contributed by atoms with van der Waals surface area (Å²) in [6.07, 6.45) is 7.32. The summed E-state index contributed by atoms with van der Waals surface area (Å²) in [6, 6.07) is 12.8. The lowest BCUT2D eigenvalue weighted by Crippen LogP contribution is -2.48. The van der Waals surface area contributed by atoms with Crippen molar-refractivity contribution >= 4 is 33.2 Å². The number of aromatic nitrogens is 4. The third-order valence-corrected chi connectivity index (χ3v) is 8.44. The molecule has 0 unspecified atom stereocenters. The summed E-state index contributed by atoms with van der Waals surface area (Å²) in [5.74, 6) is 0.557. The number of aliphatic hydroxyl groups is 1. The molecule has 10 nitrogen and oxygen atoms in total. The number of aryl methyl sites for hydroxylation is 1. The lowest BCUT2D eigenvalue weighted by Gasteiger charge is -2.37. The molecule has 0 bridgehead atoms. The van der Waals surface area contributed by atoms with Crippen molar-refractivity contribution in [3.63, 3.8) is 0 Å².